The lowest BCUT2D eigenvalue weighted by atomic mass is 9.82. The number of halogens is 3. The fourth-order valence-electron chi connectivity index (χ4n) is 4.51. The molecule has 9 nitrogen and oxygen atoms in total. The molecule has 1 aliphatic rings. The summed E-state index contributed by atoms with van der Waals surface area (Å²) in [6, 6.07) is 9.54. The number of nitrogens with two attached hydrogens (primary N) is 1. The van der Waals surface area contributed by atoms with E-state index in [-0.39, 0.29) is 28.2 Å². The lowest BCUT2D eigenvalue weighted by Crippen LogP contribution is -2.52. The molecular weight excluding hydrogens is 555 g/mol. The maximum atomic E-state index is 13.2. The van der Waals surface area contributed by atoms with Crippen molar-refractivity contribution in [2.75, 3.05) is 18.6 Å². The van der Waals surface area contributed by atoms with Crippen LogP contribution >= 0.6 is 11.8 Å². The molecule has 1 fully saturated rings. The lowest BCUT2D eigenvalue weighted by Gasteiger charge is -2.37. The minimum absolute atomic E-state index is 0.153. The Balaban J connectivity index is 1.67. The van der Waals surface area contributed by atoms with E-state index in [2.05, 4.69) is 16.0 Å². The molecule has 0 spiro atoms. The molecule has 0 saturated heterocycles. The third-order valence-electron chi connectivity index (χ3n) is 6.40. The topological polar surface area (TPSA) is 154 Å². The Labute approximate surface area is 228 Å². The summed E-state index contributed by atoms with van der Waals surface area (Å²) in [5, 5.41) is 15.4. The van der Waals surface area contributed by atoms with Crippen LogP contribution in [0.1, 0.15) is 35.2 Å². The Morgan fingerprint density at radius 3 is 2.41 bits per heavy atom. The van der Waals surface area contributed by atoms with E-state index in [1.54, 1.807) is 12.1 Å². The number of nitrogens with one attached hydrogen (secondary N) is 4. The van der Waals surface area contributed by atoms with Gasteiger partial charge in [-0.05, 0) is 73.9 Å². The van der Waals surface area contributed by atoms with Gasteiger partial charge in [-0.1, -0.05) is 6.07 Å². The van der Waals surface area contributed by atoms with Gasteiger partial charge in [-0.15, -0.1) is 11.8 Å². The van der Waals surface area contributed by atoms with Gasteiger partial charge in [-0.2, -0.15) is 13.2 Å². The fraction of sp³-hybridized carbons (Fsp3) is 0.400. The van der Waals surface area contributed by atoms with Crippen LogP contribution in [0.25, 0.3) is 0 Å². The van der Waals surface area contributed by atoms with E-state index in [9.17, 15) is 31.2 Å². The van der Waals surface area contributed by atoms with Crippen LogP contribution in [-0.2, 0) is 20.8 Å². The van der Waals surface area contributed by atoms with Crippen molar-refractivity contribution in [3.05, 3.63) is 59.7 Å². The molecule has 2 aromatic rings. The van der Waals surface area contributed by atoms with E-state index < -0.39 is 51.9 Å². The predicted molar refractivity (Wildman–Crippen MR) is 142 cm³/mol. The Morgan fingerprint density at radius 2 is 1.79 bits per heavy atom. The summed E-state index contributed by atoms with van der Waals surface area (Å²) < 4.78 is 65.2. The number of sulfone groups is 1. The maximum Gasteiger partial charge on any atom is 0.416 e. The number of hydrogen-bond donors (Lipinski definition) is 5. The molecule has 6 N–H and O–H groups in total. The number of guanidine groups is 1. The van der Waals surface area contributed by atoms with E-state index in [0.717, 1.165) is 17.0 Å². The number of carbonyl (C=O) groups excluding carboxylic acids is 2. The van der Waals surface area contributed by atoms with Crippen LogP contribution in [-0.4, -0.2) is 56.8 Å². The molecule has 1 aliphatic carbocycles. The Kier molecular flexibility index (Phi) is 9.88. The lowest BCUT2D eigenvalue weighted by molar-refractivity contribution is -0.137. The highest BCUT2D eigenvalue weighted by molar-refractivity contribution is 7.98. The number of benzene rings is 2. The minimum atomic E-state index is -4.61. The number of hydrogen-bond acceptors (Lipinski definition) is 6. The number of rotatable bonds is 9. The zero-order valence-electron chi connectivity index (χ0n) is 21.0. The first-order chi connectivity index (χ1) is 18.3. The van der Waals surface area contributed by atoms with E-state index >= 15 is 0 Å². The van der Waals surface area contributed by atoms with Gasteiger partial charge in [0.15, 0.2) is 15.8 Å². The molecule has 0 radical (unpaired) electrons. The summed E-state index contributed by atoms with van der Waals surface area (Å²) in [5.74, 6) is -2.48. The van der Waals surface area contributed by atoms with E-state index in [1.165, 1.54) is 30.0 Å². The normalized spacial score (nSPS) is 19.6. The van der Waals surface area contributed by atoms with Crippen molar-refractivity contribution < 1.29 is 31.2 Å². The summed E-state index contributed by atoms with van der Waals surface area (Å²) in [7, 11) is -3.72. The van der Waals surface area contributed by atoms with Crippen LogP contribution in [0.5, 0.6) is 0 Å². The Hall–Kier alpha value is -3.26. The first-order valence-electron chi connectivity index (χ1n) is 12.0. The molecule has 3 atom stereocenters. The minimum Gasteiger partial charge on any atom is -0.370 e. The van der Waals surface area contributed by atoms with Crippen LogP contribution in [0.3, 0.4) is 0 Å². The fourth-order valence-corrected chi connectivity index (χ4v) is 6.59. The largest absolute Gasteiger partial charge is 0.416 e. The monoisotopic (exact) mass is 585 g/mol. The second kappa shape index (κ2) is 12.7. The molecule has 212 valence electrons. The number of alkyl halides is 3. The average Bonchev–Trinajstić information content (AvgIpc) is 2.88. The number of amides is 2. The molecule has 0 bridgehead atoms. The molecule has 2 amide bonds. The third-order valence-corrected chi connectivity index (χ3v) is 9.00. The predicted octanol–water partition coefficient (Wildman–Crippen LogP) is 2.77. The highest BCUT2D eigenvalue weighted by Crippen LogP contribution is 2.30. The average molecular weight is 586 g/mol. The summed E-state index contributed by atoms with van der Waals surface area (Å²) in [5.41, 5.74) is 4.23. The third kappa shape index (κ3) is 8.62. The van der Waals surface area contributed by atoms with Crippen molar-refractivity contribution in [1.29, 1.82) is 5.41 Å². The van der Waals surface area contributed by atoms with Gasteiger partial charge in [-0.3, -0.25) is 15.0 Å². The van der Waals surface area contributed by atoms with Crippen LogP contribution < -0.4 is 21.7 Å². The van der Waals surface area contributed by atoms with Crippen molar-refractivity contribution in [1.82, 2.24) is 16.0 Å². The molecule has 0 aromatic heterocycles. The zero-order chi connectivity index (χ0) is 28.8. The first-order valence-corrected chi connectivity index (χ1v) is 14.9. The Bertz CT molecular complexity index is 1300. The quantitative estimate of drug-likeness (QED) is 0.172. The van der Waals surface area contributed by atoms with Crippen LogP contribution in [0, 0.1) is 11.3 Å². The molecule has 2 aromatic carbocycles. The standard InChI is InChI=1S/C25H30F3N5O4S2/c1-38-19-6-8-20(9-7-19)39(36,37)14-16-12-18(32-24(29)30)5-10-21(16)33-22(34)13-31-23(35)15-3-2-4-17(11-15)25(26,27)28/h2-4,6-9,11,16,18,21H,5,10,12-14H2,1H3,(H,31,35)(H,33,34)(H4,29,30,32)/t16-,18+,21-/m0/s1. The van der Waals surface area contributed by atoms with Gasteiger partial charge in [0.25, 0.3) is 5.91 Å². The molecule has 0 aliphatic heterocycles. The van der Waals surface area contributed by atoms with Crippen molar-refractivity contribution in [3.8, 4) is 0 Å². The number of thioether (sulfide) groups is 1. The summed E-state index contributed by atoms with van der Waals surface area (Å²) in [6.45, 7) is -0.504. The van der Waals surface area contributed by atoms with Gasteiger partial charge in [0.1, 0.15) is 0 Å². The first kappa shape index (κ1) is 30.3. The smallest absolute Gasteiger partial charge is 0.370 e. The highest BCUT2D eigenvalue weighted by Gasteiger charge is 2.35. The van der Waals surface area contributed by atoms with E-state index in [4.69, 9.17) is 11.1 Å². The van der Waals surface area contributed by atoms with Gasteiger partial charge in [-0.25, -0.2) is 8.42 Å². The van der Waals surface area contributed by atoms with Crippen LogP contribution in [0.4, 0.5) is 13.2 Å². The molecule has 0 heterocycles. The molecule has 1 saturated carbocycles. The zero-order valence-corrected chi connectivity index (χ0v) is 22.7. The van der Waals surface area contributed by atoms with Gasteiger partial charge in [0.2, 0.25) is 5.91 Å². The van der Waals surface area contributed by atoms with Crippen LogP contribution in [0.2, 0.25) is 0 Å². The molecule has 14 heteroatoms. The van der Waals surface area contributed by atoms with Gasteiger partial charge in [0, 0.05) is 22.5 Å². The maximum absolute atomic E-state index is 13.2. The second-order valence-electron chi connectivity index (χ2n) is 9.22. The van der Waals surface area contributed by atoms with Crippen LogP contribution in [0.15, 0.2) is 58.3 Å². The van der Waals surface area contributed by atoms with Crippen molar-refractivity contribution in [2.45, 2.75) is 47.3 Å². The van der Waals surface area contributed by atoms with Gasteiger partial charge in [0.05, 0.1) is 22.8 Å². The van der Waals surface area contributed by atoms with Gasteiger partial charge >= 0.3 is 6.18 Å². The summed E-state index contributed by atoms with van der Waals surface area (Å²) in [4.78, 5) is 26.1. The molecule has 0 unspecified atom stereocenters. The molecule has 39 heavy (non-hydrogen) atoms. The van der Waals surface area contributed by atoms with E-state index in [1.807, 2.05) is 6.26 Å². The number of carbonyl (C=O) groups is 2. The molecular formula is C25H30F3N5O4S2. The van der Waals surface area contributed by atoms with Crippen molar-refractivity contribution >= 4 is 39.4 Å². The summed E-state index contributed by atoms with van der Waals surface area (Å²) >= 11 is 1.48. The Morgan fingerprint density at radius 1 is 1.10 bits per heavy atom. The van der Waals surface area contributed by atoms with Gasteiger partial charge < -0.3 is 21.7 Å². The molecule has 3 rings (SSSR count). The van der Waals surface area contributed by atoms with E-state index in [0.29, 0.717) is 25.3 Å². The van der Waals surface area contributed by atoms with Crippen molar-refractivity contribution in [2.24, 2.45) is 11.7 Å². The SMILES string of the molecule is CSc1ccc(S(=O)(=O)C[C@@H]2C[C@H](NC(=N)N)CC[C@@H]2NC(=O)CNC(=O)c2cccc(C(F)(F)F)c2)cc1. The highest BCUT2D eigenvalue weighted by atomic mass is 32.2. The second-order valence-corrected chi connectivity index (χ2v) is 12.1. The summed E-state index contributed by atoms with van der Waals surface area (Å²) in [6.07, 6.45) is -1.51. The van der Waals surface area contributed by atoms with Crippen molar-refractivity contribution in [3.63, 3.8) is 0 Å².